The predicted molar refractivity (Wildman–Crippen MR) is 72.7 cm³/mol. The summed E-state index contributed by atoms with van der Waals surface area (Å²) in [5, 5.41) is 9.33. The van der Waals surface area contributed by atoms with Crippen LogP contribution in [-0.2, 0) is 6.42 Å². The first-order valence-electron chi connectivity index (χ1n) is 5.30. The van der Waals surface area contributed by atoms with Crippen LogP contribution < -0.4 is 0 Å². The van der Waals surface area contributed by atoms with Gasteiger partial charge in [-0.25, -0.2) is 4.98 Å². The molecule has 0 saturated heterocycles. The first kappa shape index (κ1) is 12.0. The van der Waals surface area contributed by atoms with Crippen molar-refractivity contribution in [2.75, 3.05) is 0 Å². The fourth-order valence-electron chi connectivity index (χ4n) is 1.88. The Labute approximate surface area is 117 Å². The summed E-state index contributed by atoms with van der Waals surface area (Å²) in [6, 6.07) is 3.43. The molecular formula is C11H7Cl3N4. The smallest absolute Gasteiger partial charge is 0.199 e. The van der Waals surface area contributed by atoms with Gasteiger partial charge in [0.2, 0.25) is 0 Å². The molecule has 0 aliphatic heterocycles. The Kier molecular flexibility index (Phi) is 2.81. The number of hydrogen-bond donors (Lipinski definition) is 0. The number of nitrogens with zero attached hydrogens (tertiary/aromatic N) is 4. The maximum atomic E-state index is 6.09. The van der Waals surface area contributed by atoms with E-state index in [9.17, 15) is 0 Å². The Bertz CT molecular complexity index is 766. The SMILES string of the molecule is CCc1nnc2c(Cl)nc3cc(Cl)c(Cl)cc3n12. The molecule has 4 nitrogen and oxygen atoms in total. The maximum absolute atomic E-state index is 6.09. The van der Waals surface area contributed by atoms with Crippen LogP contribution in [0.15, 0.2) is 12.1 Å². The summed E-state index contributed by atoms with van der Waals surface area (Å²) in [6.07, 6.45) is 0.733. The Balaban J connectivity index is 2.57. The molecule has 92 valence electrons. The third-order valence-corrected chi connectivity index (χ3v) is 3.68. The highest BCUT2D eigenvalue weighted by atomic mass is 35.5. The van der Waals surface area contributed by atoms with Crippen LogP contribution in [0.2, 0.25) is 15.2 Å². The average Bonchev–Trinajstić information content (AvgIpc) is 2.76. The van der Waals surface area contributed by atoms with Crippen LogP contribution >= 0.6 is 34.8 Å². The minimum Gasteiger partial charge on any atom is -0.275 e. The summed E-state index contributed by atoms with van der Waals surface area (Å²) in [7, 11) is 0. The molecule has 0 spiro atoms. The van der Waals surface area contributed by atoms with Gasteiger partial charge in [-0.05, 0) is 12.1 Å². The monoisotopic (exact) mass is 300 g/mol. The molecule has 0 unspecified atom stereocenters. The average molecular weight is 302 g/mol. The molecule has 0 N–H and O–H groups in total. The van der Waals surface area contributed by atoms with E-state index in [0.29, 0.717) is 26.4 Å². The molecule has 2 aromatic heterocycles. The number of halogens is 3. The number of rotatable bonds is 1. The standard InChI is InChI=1S/C11H7Cl3N4/c1-2-9-16-17-11-10(14)15-7-3-5(12)6(13)4-8(7)18(9)11/h3-4H,2H2,1H3. The molecule has 1 aromatic carbocycles. The van der Waals surface area contributed by atoms with Gasteiger partial charge in [-0.2, -0.15) is 0 Å². The molecule has 0 saturated carbocycles. The van der Waals surface area contributed by atoms with Crippen LogP contribution in [0.25, 0.3) is 16.7 Å². The molecule has 2 heterocycles. The van der Waals surface area contributed by atoms with Crippen molar-refractivity contribution < 1.29 is 0 Å². The topological polar surface area (TPSA) is 43.1 Å². The van der Waals surface area contributed by atoms with E-state index in [1.54, 1.807) is 12.1 Å². The first-order chi connectivity index (χ1) is 8.61. The fourth-order valence-corrected chi connectivity index (χ4v) is 2.41. The quantitative estimate of drug-likeness (QED) is 0.686. The van der Waals surface area contributed by atoms with Gasteiger partial charge >= 0.3 is 0 Å². The fraction of sp³-hybridized carbons (Fsp3) is 0.182. The highest BCUT2D eigenvalue weighted by Gasteiger charge is 2.14. The molecule has 0 aliphatic carbocycles. The highest BCUT2D eigenvalue weighted by Crippen LogP contribution is 2.29. The summed E-state index contributed by atoms with van der Waals surface area (Å²) in [5.74, 6) is 0.803. The van der Waals surface area contributed by atoms with Gasteiger partial charge in [-0.3, -0.25) is 4.40 Å². The number of aryl methyl sites for hydroxylation is 1. The zero-order valence-electron chi connectivity index (χ0n) is 9.28. The van der Waals surface area contributed by atoms with Crippen molar-refractivity contribution >= 4 is 51.5 Å². The van der Waals surface area contributed by atoms with Crippen molar-refractivity contribution in [2.45, 2.75) is 13.3 Å². The Morgan fingerprint density at radius 2 is 1.83 bits per heavy atom. The summed E-state index contributed by atoms with van der Waals surface area (Å²) in [6.45, 7) is 1.99. The van der Waals surface area contributed by atoms with Gasteiger partial charge in [0.1, 0.15) is 5.82 Å². The summed E-state index contributed by atoms with van der Waals surface area (Å²) in [5.41, 5.74) is 1.99. The van der Waals surface area contributed by atoms with Gasteiger partial charge in [-0.15, -0.1) is 10.2 Å². The van der Waals surface area contributed by atoms with E-state index in [4.69, 9.17) is 34.8 Å². The Hall–Kier alpha value is -1.10. The van der Waals surface area contributed by atoms with Gasteiger partial charge in [0.15, 0.2) is 10.8 Å². The number of aromatic nitrogens is 4. The van der Waals surface area contributed by atoms with Gasteiger partial charge in [0, 0.05) is 6.42 Å². The Morgan fingerprint density at radius 3 is 2.56 bits per heavy atom. The molecule has 0 fully saturated rings. The molecule has 0 atom stereocenters. The van der Waals surface area contributed by atoms with Crippen molar-refractivity contribution in [1.29, 1.82) is 0 Å². The first-order valence-corrected chi connectivity index (χ1v) is 6.43. The van der Waals surface area contributed by atoms with Crippen LogP contribution in [0, 0.1) is 0 Å². The zero-order chi connectivity index (χ0) is 12.9. The van der Waals surface area contributed by atoms with Crippen LogP contribution in [0.1, 0.15) is 12.7 Å². The molecule has 7 heteroatoms. The third kappa shape index (κ3) is 1.64. The van der Waals surface area contributed by atoms with E-state index in [2.05, 4.69) is 15.2 Å². The van der Waals surface area contributed by atoms with E-state index in [0.717, 1.165) is 17.8 Å². The Morgan fingerprint density at radius 1 is 1.11 bits per heavy atom. The number of benzene rings is 1. The molecule has 3 aromatic rings. The second-order valence-electron chi connectivity index (χ2n) is 3.79. The second kappa shape index (κ2) is 4.23. The van der Waals surface area contributed by atoms with Crippen LogP contribution in [0.3, 0.4) is 0 Å². The van der Waals surface area contributed by atoms with Crippen molar-refractivity contribution in [3.8, 4) is 0 Å². The molecule has 3 rings (SSSR count). The van der Waals surface area contributed by atoms with E-state index in [-0.39, 0.29) is 0 Å². The summed E-state index contributed by atoms with van der Waals surface area (Å²) < 4.78 is 1.85. The van der Waals surface area contributed by atoms with Crippen molar-refractivity contribution in [1.82, 2.24) is 19.6 Å². The van der Waals surface area contributed by atoms with Gasteiger partial charge in [0.05, 0.1) is 21.1 Å². The number of hydrogen-bond acceptors (Lipinski definition) is 3. The molecule has 0 aliphatic rings. The zero-order valence-corrected chi connectivity index (χ0v) is 11.6. The molecule has 0 radical (unpaired) electrons. The molecule has 18 heavy (non-hydrogen) atoms. The lowest BCUT2D eigenvalue weighted by molar-refractivity contribution is 0.921. The summed E-state index contributed by atoms with van der Waals surface area (Å²) >= 11 is 18.1. The maximum Gasteiger partial charge on any atom is 0.199 e. The van der Waals surface area contributed by atoms with Gasteiger partial charge in [-0.1, -0.05) is 41.7 Å². The van der Waals surface area contributed by atoms with E-state index in [1.165, 1.54) is 0 Å². The largest absolute Gasteiger partial charge is 0.275 e. The normalized spacial score (nSPS) is 11.6. The van der Waals surface area contributed by atoms with Crippen LogP contribution in [0.5, 0.6) is 0 Å². The highest BCUT2D eigenvalue weighted by molar-refractivity contribution is 6.42. The summed E-state index contributed by atoms with van der Waals surface area (Å²) in [4.78, 5) is 4.25. The van der Waals surface area contributed by atoms with Crippen LogP contribution in [-0.4, -0.2) is 19.6 Å². The van der Waals surface area contributed by atoms with Gasteiger partial charge in [0.25, 0.3) is 0 Å². The van der Waals surface area contributed by atoms with Crippen LogP contribution in [0.4, 0.5) is 0 Å². The molecule has 0 amide bonds. The molecule has 0 bridgehead atoms. The van der Waals surface area contributed by atoms with E-state index in [1.807, 2.05) is 11.3 Å². The van der Waals surface area contributed by atoms with Gasteiger partial charge < -0.3 is 0 Å². The van der Waals surface area contributed by atoms with Crippen molar-refractivity contribution in [2.24, 2.45) is 0 Å². The minimum atomic E-state index is 0.299. The lowest BCUT2D eigenvalue weighted by Gasteiger charge is -2.06. The van der Waals surface area contributed by atoms with Crippen molar-refractivity contribution in [3.05, 3.63) is 33.2 Å². The molecular weight excluding hydrogens is 295 g/mol. The van der Waals surface area contributed by atoms with Crippen molar-refractivity contribution in [3.63, 3.8) is 0 Å². The lowest BCUT2D eigenvalue weighted by Crippen LogP contribution is -1.97. The second-order valence-corrected chi connectivity index (χ2v) is 4.96. The lowest BCUT2D eigenvalue weighted by atomic mass is 10.3. The van der Waals surface area contributed by atoms with E-state index < -0.39 is 0 Å². The predicted octanol–water partition coefficient (Wildman–Crippen LogP) is 3.80. The minimum absolute atomic E-state index is 0.299. The number of fused-ring (bicyclic) bond motifs is 3. The third-order valence-electron chi connectivity index (χ3n) is 2.71. The van der Waals surface area contributed by atoms with E-state index >= 15 is 0 Å².